The zero-order chi connectivity index (χ0) is 12.5. The van der Waals surface area contributed by atoms with Crippen LogP contribution in [-0.2, 0) is 9.53 Å². The van der Waals surface area contributed by atoms with Crippen molar-refractivity contribution in [1.29, 1.82) is 0 Å². The molecule has 0 heterocycles. The van der Waals surface area contributed by atoms with Crippen molar-refractivity contribution in [3.05, 3.63) is 29.3 Å². The van der Waals surface area contributed by atoms with Gasteiger partial charge in [0.2, 0.25) is 0 Å². The highest BCUT2D eigenvalue weighted by Crippen LogP contribution is 2.27. The second kappa shape index (κ2) is 8.43. The number of rotatable bonds is 7. The van der Waals surface area contributed by atoms with Gasteiger partial charge >= 0.3 is 5.97 Å². The molecule has 1 aromatic carbocycles. The average molecular weight is 273 g/mol. The molecule has 0 aliphatic carbocycles. The fraction of sp³-hybridized carbons (Fsp3) is 0.462. The molecule has 1 aromatic rings. The number of benzene rings is 1. The van der Waals surface area contributed by atoms with Crippen LogP contribution in [0.5, 0.6) is 0 Å². The smallest absolute Gasteiger partial charge is 0.305 e. The number of hydrogen-bond acceptors (Lipinski definition) is 3. The van der Waals surface area contributed by atoms with Gasteiger partial charge in [0.25, 0.3) is 0 Å². The fourth-order valence-electron chi connectivity index (χ4n) is 1.39. The SMILES string of the molecule is COC(=O)CCCCCSc1ccccc1Cl. The topological polar surface area (TPSA) is 26.3 Å². The Morgan fingerprint density at radius 1 is 1.29 bits per heavy atom. The van der Waals surface area contributed by atoms with Gasteiger partial charge in [0.1, 0.15) is 0 Å². The Bertz CT molecular complexity index is 355. The van der Waals surface area contributed by atoms with Gasteiger partial charge < -0.3 is 4.74 Å². The van der Waals surface area contributed by atoms with E-state index in [1.54, 1.807) is 11.8 Å². The minimum absolute atomic E-state index is 0.122. The highest BCUT2D eigenvalue weighted by Gasteiger charge is 2.01. The van der Waals surface area contributed by atoms with Gasteiger partial charge in [0, 0.05) is 11.3 Å². The number of carbonyl (C=O) groups excluding carboxylic acids is 1. The summed E-state index contributed by atoms with van der Waals surface area (Å²) < 4.78 is 4.58. The van der Waals surface area contributed by atoms with E-state index in [1.807, 2.05) is 24.3 Å². The lowest BCUT2D eigenvalue weighted by Crippen LogP contribution is -1.99. The lowest BCUT2D eigenvalue weighted by atomic mass is 10.2. The maximum atomic E-state index is 10.9. The number of ether oxygens (including phenoxy) is 1. The Labute approximate surface area is 112 Å². The molecule has 0 radical (unpaired) electrons. The van der Waals surface area contributed by atoms with Gasteiger partial charge in [0.15, 0.2) is 0 Å². The van der Waals surface area contributed by atoms with Crippen molar-refractivity contribution in [1.82, 2.24) is 0 Å². The second-order valence-electron chi connectivity index (χ2n) is 3.67. The van der Waals surface area contributed by atoms with Gasteiger partial charge in [-0.2, -0.15) is 0 Å². The largest absolute Gasteiger partial charge is 0.469 e. The van der Waals surface area contributed by atoms with Crippen LogP contribution in [0.4, 0.5) is 0 Å². The average Bonchev–Trinajstić information content (AvgIpc) is 2.35. The fourth-order valence-corrected chi connectivity index (χ4v) is 2.64. The maximum Gasteiger partial charge on any atom is 0.305 e. The molecule has 0 unspecified atom stereocenters. The third-order valence-corrected chi connectivity index (χ3v) is 3.95. The third-order valence-electron chi connectivity index (χ3n) is 2.35. The van der Waals surface area contributed by atoms with E-state index >= 15 is 0 Å². The first-order valence-electron chi connectivity index (χ1n) is 5.68. The molecule has 0 aromatic heterocycles. The van der Waals surface area contributed by atoms with Crippen LogP contribution in [0.3, 0.4) is 0 Å². The van der Waals surface area contributed by atoms with Crippen molar-refractivity contribution in [2.75, 3.05) is 12.9 Å². The first-order chi connectivity index (χ1) is 8.24. The van der Waals surface area contributed by atoms with E-state index in [0.29, 0.717) is 6.42 Å². The summed E-state index contributed by atoms with van der Waals surface area (Å²) in [5.41, 5.74) is 0. The molecule has 0 bridgehead atoms. The van der Waals surface area contributed by atoms with Crippen molar-refractivity contribution < 1.29 is 9.53 Å². The summed E-state index contributed by atoms with van der Waals surface area (Å²) in [7, 11) is 1.43. The van der Waals surface area contributed by atoms with Crippen molar-refractivity contribution in [3.8, 4) is 0 Å². The maximum absolute atomic E-state index is 10.9. The Morgan fingerprint density at radius 3 is 2.76 bits per heavy atom. The number of esters is 1. The van der Waals surface area contributed by atoms with Crippen LogP contribution in [0.25, 0.3) is 0 Å². The number of hydrogen-bond donors (Lipinski definition) is 0. The Morgan fingerprint density at radius 2 is 2.06 bits per heavy atom. The summed E-state index contributed by atoms with van der Waals surface area (Å²) in [5, 5.41) is 0.812. The summed E-state index contributed by atoms with van der Waals surface area (Å²) in [5.74, 6) is 0.911. The van der Waals surface area contributed by atoms with Crippen molar-refractivity contribution in [2.24, 2.45) is 0 Å². The highest BCUT2D eigenvalue weighted by molar-refractivity contribution is 7.99. The number of methoxy groups -OCH3 is 1. The van der Waals surface area contributed by atoms with Gasteiger partial charge in [-0.25, -0.2) is 0 Å². The van der Waals surface area contributed by atoms with Crippen LogP contribution in [0.2, 0.25) is 5.02 Å². The van der Waals surface area contributed by atoms with Crippen LogP contribution in [0, 0.1) is 0 Å². The van der Waals surface area contributed by atoms with E-state index in [9.17, 15) is 4.79 Å². The standard InChI is InChI=1S/C13H17ClO2S/c1-16-13(15)9-3-2-6-10-17-12-8-5-4-7-11(12)14/h4-5,7-8H,2-3,6,9-10H2,1H3. The second-order valence-corrected chi connectivity index (χ2v) is 5.21. The van der Waals surface area contributed by atoms with Crippen molar-refractivity contribution in [2.45, 2.75) is 30.6 Å². The quantitative estimate of drug-likeness (QED) is 0.423. The summed E-state index contributed by atoms with van der Waals surface area (Å²) in [6.45, 7) is 0. The van der Waals surface area contributed by atoms with E-state index in [-0.39, 0.29) is 5.97 Å². The van der Waals surface area contributed by atoms with Gasteiger partial charge in [-0.3, -0.25) is 4.79 Å². The number of unbranched alkanes of at least 4 members (excludes halogenated alkanes) is 2. The zero-order valence-corrected chi connectivity index (χ0v) is 11.5. The Balaban J connectivity index is 2.09. The van der Waals surface area contributed by atoms with Crippen LogP contribution in [0.1, 0.15) is 25.7 Å². The molecule has 0 saturated carbocycles. The molecular formula is C13H17ClO2S. The predicted molar refractivity (Wildman–Crippen MR) is 72.7 cm³/mol. The van der Waals surface area contributed by atoms with E-state index in [0.717, 1.165) is 34.9 Å². The molecule has 17 heavy (non-hydrogen) atoms. The molecule has 94 valence electrons. The minimum Gasteiger partial charge on any atom is -0.469 e. The molecule has 1 rings (SSSR count). The van der Waals surface area contributed by atoms with Crippen LogP contribution < -0.4 is 0 Å². The summed E-state index contributed by atoms with van der Waals surface area (Å²) in [4.78, 5) is 12.0. The molecule has 0 spiro atoms. The monoisotopic (exact) mass is 272 g/mol. The molecule has 0 atom stereocenters. The molecule has 0 amide bonds. The molecule has 4 heteroatoms. The summed E-state index contributed by atoms with van der Waals surface area (Å²) in [6.07, 6.45) is 3.56. The molecule has 0 aliphatic heterocycles. The lowest BCUT2D eigenvalue weighted by Gasteiger charge is -2.03. The summed E-state index contributed by atoms with van der Waals surface area (Å²) >= 11 is 7.81. The third kappa shape index (κ3) is 5.99. The molecule has 2 nitrogen and oxygen atoms in total. The van der Waals surface area contributed by atoms with E-state index < -0.39 is 0 Å². The minimum atomic E-state index is -0.122. The van der Waals surface area contributed by atoms with Crippen LogP contribution >= 0.6 is 23.4 Å². The molecular weight excluding hydrogens is 256 g/mol. The molecule has 0 aliphatic rings. The van der Waals surface area contributed by atoms with Gasteiger partial charge in [-0.05, 0) is 30.7 Å². The van der Waals surface area contributed by atoms with Gasteiger partial charge in [-0.1, -0.05) is 30.2 Å². The zero-order valence-electron chi connectivity index (χ0n) is 9.95. The lowest BCUT2D eigenvalue weighted by molar-refractivity contribution is -0.140. The van der Waals surface area contributed by atoms with Gasteiger partial charge in [0.05, 0.1) is 12.1 Å². The first-order valence-corrected chi connectivity index (χ1v) is 7.04. The number of thioether (sulfide) groups is 1. The van der Waals surface area contributed by atoms with Crippen LogP contribution in [-0.4, -0.2) is 18.8 Å². The number of halogens is 1. The summed E-state index contributed by atoms with van der Waals surface area (Å²) in [6, 6.07) is 7.86. The number of carbonyl (C=O) groups is 1. The first kappa shape index (κ1) is 14.4. The predicted octanol–water partition coefficient (Wildman–Crippen LogP) is 4.17. The van der Waals surface area contributed by atoms with Crippen LogP contribution in [0.15, 0.2) is 29.2 Å². The molecule has 0 fully saturated rings. The van der Waals surface area contributed by atoms with E-state index in [2.05, 4.69) is 4.74 Å². The Hall–Kier alpha value is -0.670. The van der Waals surface area contributed by atoms with Crippen molar-refractivity contribution >= 4 is 29.3 Å². The normalized spacial score (nSPS) is 10.2. The highest BCUT2D eigenvalue weighted by atomic mass is 35.5. The van der Waals surface area contributed by atoms with Crippen molar-refractivity contribution in [3.63, 3.8) is 0 Å². The molecule has 0 N–H and O–H groups in total. The van der Waals surface area contributed by atoms with E-state index in [1.165, 1.54) is 7.11 Å². The Kier molecular flexibility index (Phi) is 7.13. The molecule has 0 saturated heterocycles. The van der Waals surface area contributed by atoms with Gasteiger partial charge in [-0.15, -0.1) is 11.8 Å². The van der Waals surface area contributed by atoms with E-state index in [4.69, 9.17) is 11.6 Å².